The fourth-order valence-electron chi connectivity index (χ4n) is 2.84. The average Bonchev–Trinajstić information content (AvgIpc) is 2.66. The second kappa shape index (κ2) is 7.92. The summed E-state index contributed by atoms with van der Waals surface area (Å²) in [5.74, 6) is 1.85. The maximum absolute atomic E-state index is 11.4. The molecule has 1 atom stereocenters. The summed E-state index contributed by atoms with van der Waals surface area (Å²) in [7, 11) is 1.65. The van der Waals surface area contributed by atoms with Gasteiger partial charge in [0.1, 0.15) is 23.4 Å². The summed E-state index contributed by atoms with van der Waals surface area (Å²) >= 11 is 0. The van der Waals surface area contributed by atoms with Crippen LogP contribution in [0.5, 0.6) is 17.2 Å². The van der Waals surface area contributed by atoms with Crippen LogP contribution in [-0.2, 0) is 16.0 Å². The molecule has 25 heavy (non-hydrogen) atoms. The van der Waals surface area contributed by atoms with Gasteiger partial charge in [-0.2, -0.15) is 0 Å². The second-order valence-electron chi connectivity index (χ2n) is 5.78. The SMILES string of the molecule is CCOC(=O)COc1ccc2c(c1)OC(c1ccc(OC)cc1)CC2. The van der Waals surface area contributed by atoms with Crippen molar-refractivity contribution >= 4 is 5.97 Å². The number of methoxy groups -OCH3 is 1. The van der Waals surface area contributed by atoms with Crippen LogP contribution in [-0.4, -0.2) is 26.3 Å². The molecule has 3 rings (SSSR count). The number of carbonyl (C=O) groups excluding carboxylic acids is 1. The number of aryl methyl sites for hydroxylation is 1. The van der Waals surface area contributed by atoms with Crippen molar-refractivity contribution in [1.29, 1.82) is 0 Å². The van der Waals surface area contributed by atoms with Crippen molar-refractivity contribution in [3.63, 3.8) is 0 Å². The average molecular weight is 342 g/mol. The van der Waals surface area contributed by atoms with Gasteiger partial charge in [0.05, 0.1) is 13.7 Å². The quantitative estimate of drug-likeness (QED) is 0.749. The third-order valence-electron chi connectivity index (χ3n) is 4.13. The molecule has 0 saturated heterocycles. The molecule has 5 nitrogen and oxygen atoms in total. The van der Waals surface area contributed by atoms with E-state index in [1.165, 1.54) is 0 Å². The summed E-state index contributed by atoms with van der Waals surface area (Å²) in [6, 6.07) is 13.6. The van der Waals surface area contributed by atoms with E-state index in [4.69, 9.17) is 18.9 Å². The van der Waals surface area contributed by atoms with Crippen molar-refractivity contribution in [2.75, 3.05) is 20.3 Å². The Morgan fingerprint density at radius 2 is 1.92 bits per heavy atom. The molecule has 0 aromatic heterocycles. The highest BCUT2D eigenvalue weighted by Crippen LogP contribution is 2.37. The number of hydrogen-bond acceptors (Lipinski definition) is 5. The van der Waals surface area contributed by atoms with E-state index in [0.29, 0.717) is 12.4 Å². The molecule has 1 aliphatic heterocycles. The number of benzene rings is 2. The number of rotatable bonds is 6. The molecular weight excluding hydrogens is 320 g/mol. The number of ether oxygens (including phenoxy) is 4. The number of fused-ring (bicyclic) bond motifs is 1. The molecule has 0 spiro atoms. The lowest BCUT2D eigenvalue weighted by atomic mass is 9.97. The number of carbonyl (C=O) groups is 1. The fourth-order valence-corrected chi connectivity index (χ4v) is 2.84. The fraction of sp³-hybridized carbons (Fsp3) is 0.350. The Kier molecular flexibility index (Phi) is 5.43. The van der Waals surface area contributed by atoms with Crippen molar-refractivity contribution in [2.24, 2.45) is 0 Å². The van der Waals surface area contributed by atoms with E-state index in [9.17, 15) is 4.79 Å². The smallest absolute Gasteiger partial charge is 0.344 e. The molecule has 0 saturated carbocycles. The molecule has 1 aliphatic rings. The largest absolute Gasteiger partial charge is 0.497 e. The highest BCUT2D eigenvalue weighted by Gasteiger charge is 2.22. The minimum Gasteiger partial charge on any atom is -0.497 e. The third kappa shape index (κ3) is 4.24. The predicted octanol–water partition coefficient (Wildman–Crippen LogP) is 3.70. The first-order valence-corrected chi connectivity index (χ1v) is 8.41. The molecular formula is C20H22O5. The molecule has 2 aromatic rings. The van der Waals surface area contributed by atoms with E-state index in [-0.39, 0.29) is 18.7 Å². The zero-order valence-corrected chi connectivity index (χ0v) is 14.5. The van der Waals surface area contributed by atoms with Crippen molar-refractivity contribution in [2.45, 2.75) is 25.9 Å². The molecule has 132 valence electrons. The molecule has 0 fully saturated rings. The predicted molar refractivity (Wildman–Crippen MR) is 93.3 cm³/mol. The molecule has 0 radical (unpaired) electrons. The Hall–Kier alpha value is -2.69. The van der Waals surface area contributed by atoms with Gasteiger partial charge in [0.25, 0.3) is 0 Å². The van der Waals surface area contributed by atoms with Crippen LogP contribution in [0.4, 0.5) is 0 Å². The van der Waals surface area contributed by atoms with Crippen LogP contribution in [0, 0.1) is 0 Å². The van der Waals surface area contributed by atoms with Crippen molar-refractivity contribution in [3.8, 4) is 17.2 Å². The van der Waals surface area contributed by atoms with Crippen LogP contribution in [0.1, 0.15) is 30.6 Å². The zero-order chi connectivity index (χ0) is 17.6. The molecule has 0 bridgehead atoms. The highest BCUT2D eigenvalue weighted by molar-refractivity contribution is 5.71. The van der Waals surface area contributed by atoms with Gasteiger partial charge in [0, 0.05) is 6.07 Å². The minimum atomic E-state index is -0.378. The van der Waals surface area contributed by atoms with Gasteiger partial charge in [0.15, 0.2) is 6.61 Å². The van der Waals surface area contributed by atoms with E-state index in [1.807, 2.05) is 42.5 Å². The van der Waals surface area contributed by atoms with Crippen LogP contribution in [0.3, 0.4) is 0 Å². The van der Waals surface area contributed by atoms with Crippen LogP contribution >= 0.6 is 0 Å². The third-order valence-corrected chi connectivity index (χ3v) is 4.13. The maximum atomic E-state index is 11.4. The number of esters is 1. The number of hydrogen-bond donors (Lipinski definition) is 0. The summed E-state index contributed by atoms with van der Waals surface area (Å²) in [6.07, 6.45) is 1.85. The first-order valence-electron chi connectivity index (χ1n) is 8.41. The van der Waals surface area contributed by atoms with E-state index in [0.717, 1.165) is 35.5 Å². The lowest BCUT2D eigenvalue weighted by Gasteiger charge is -2.27. The molecule has 2 aromatic carbocycles. The standard InChI is InChI=1S/C20H22O5/c1-3-23-20(21)13-24-17-10-6-15-7-11-18(25-19(15)12-17)14-4-8-16(22-2)9-5-14/h4-6,8-10,12,18H,3,7,11,13H2,1-2H3. The Morgan fingerprint density at radius 3 is 2.64 bits per heavy atom. The first kappa shape index (κ1) is 17.1. The molecule has 0 amide bonds. The first-order chi connectivity index (χ1) is 12.2. The summed E-state index contributed by atoms with van der Waals surface area (Å²) < 4.78 is 21.7. The topological polar surface area (TPSA) is 54.0 Å². The van der Waals surface area contributed by atoms with E-state index >= 15 is 0 Å². The second-order valence-corrected chi connectivity index (χ2v) is 5.78. The molecule has 1 heterocycles. The maximum Gasteiger partial charge on any atom is 0.344 e. The van der Waals surface area contributed by atoms with Gasteiger partial charge in [-0.15, -0.1) is 0 Å². The lowest BCUT2D eigenvalue weighted by Crippen LogP contribution is -2.16. The Labute approximate surface area is 147 Å². The van der Waals surface area contributed by atoms with E-state index in [2.05, 4.69) is 0 Å². The van der Waals surface area contributed by atoms with Crippen LogP contribution in [0.15, 0.2) is 42.5 Å². The summed E-state index contributed by atoms with van der Waals surface area (Å²) in [4.78, 5) is 11.4. The van der Waals surface area contributed by atoms with Gasteiger partial charge in [0.2, 0.25) is 0 Å². The minimum absolute atomic E-state index is 0.00119. The van der Waals surface area contributed by atoms with E-state index in [1.54, 1.807) is 14.0 Å². The van der Waals surface area contributed by atoms with Crippen LogP contribution < -0.4 is 14.2 Å². The molecule has 0 N–H and O–H groups in total. The van der Waals surface area contributed by atoms with Gasteiger partial charge in [-0.3, -0.25) is 0 Å². The Bertz CT molecular complexity index is 723. The summed E-state index contributed by atoms with van der Waals surface area (Å²) in [5.41, 5.74) is 2.26. The normalized spacial score (nSPS) is 15.7. The van der Waals surface area contributed by atoms with E-state index < -0.39 is 0 Å². The van der Waals surface area contributed by atoms with Gasteiger partial charge >= 0.3 is 5.97 Å². The summed E-state index contributed by atoms with van der Waals surface area (Å²) in [5, 5.41) is 0. The van der Waals surface area contributed by atoms with Crippen molar-refractivity contribution in [1.82, 2.24) is 0 Å². The summed E-state index contributed by atoms with van der Waals surface area (Å²) in [6.45, 7) is 2.01. The lowest BCUT2D eigenvalue weighted by molar-refractivity contribution is -0.145. The molecule has 5 heteroatoms. The van der Waals surface area contributed by atoms with Crippen molar-refractivity contribution < 1.29 is 23.7 Å². The van der Waals surface area contributed by atoms with Gasteiger partial charge in [-0.25, -0.2) is 4.79 Å². The van der Waals surface area contributed by atoms with Crippen molar-refractivity contribution in [3.05, 3.63) is 53.6 Å². The zero-order valence-electron chi connectivity index (χ0n) is 14.5. The van der Waals surface area contributed by atoms with Gasteiger partial charge < -0.3 is 18.9 Å². The molecule has 1 unspecified atom stereocenters. The Morgan fingerprint density at radius 1 is 1.16 bits per heavy atom. The Balaban J connectivity index is 1.68. The molecule has 0 aliphatic carbocycles. The van der Waals surface area contributed by atoms with Crippen LogP contribution in [0.2, 0.25) is 0 Å². The van der Waals surface area contributed by atoms with Gasteiger partial charge in [-0.1, -0.05) is 18.2 Å². The van der Waals surface area contributed by atoms with Crippen LogP contribution in [0.25, 0.3) is 0 Å². The highest BCUT2D eigenvalue weighted by atomic mass is 16.6. The van der Waals surface area contributed by atoms with Gasteiger partial charge in [-0.05, 0) is 49.1 Å². The monoisotopic (exact) mass is 342 g/mol.